The number of nitrogens with one attached hydrogen (secondary N) is 6. The van der Waals surface area contributed by atoms with Gasteiger partial charge in [0.2, 0.25) is 0 Å². The molecule has 7 heteroatoms. The standard InChI is InChI=1S/C5H17N7/c1-3-4-5(2)7-9-11-12-10-8-6/h3,5,7-12H,1,4,6H2,2H3. The Hall–Kier alpha value is -0.540. The molecule has 0 aromatic rings. The molecule has 0 radical (unpaired) electrons. The van der Waals surface area contributed by atoms with Crippen LogP contribution in [0.4, 0.5) is 0 Å². The average molecular weight is 175 g/mol. The smallest absolute Gasteiger partial charge is 0.0232 e. The van der Waals surface area contributed by atoms with Crippen LogP contribution in [0, 0.1) is 0 Å². The molecule has 72 valence electrons. The summed E-state index contributed by atoms with van der Waals surface area (Å²) in [6.07, 6.45) is 2.73. The van der Waals surface area contributed by atoms with Crippen LogP contribution in [0.1, 0.15) is 13.3 Å². The molecule has 0 aliphatic rings. The van der Waals surface area contributed by atoms with Crippen molar-refractivity contribution in [1.29, 1.82) is 0 Å². The molecule has 0 spiro atoms. The molecule has 7 nitrogen and oxygen atoms in total. The second-order valence-corrected chi connectivity index (χ2v) is 2.21. The van der Waals surface area contributed by atoms with Crippen LogP contribution in [0.2, 0.25) is 0 Å². The highest BCUT2D eigenvalue weighted by Crippen LogP contribution is 1.86. The van der Waals surface area contributed by atoms with Gasteiger partial charge in [0, 0.05) is 6.04 Å². The van der Waals surface area contributed by atoms with Crippen LogP contribution in [0.5, 0.6) is 0 Å². The maximum atomic E-state index is 4.89. The Balaban J connectivity index is 3.02. The lowest BCUT2D eigenvalue weighted by Gasteiger charge is -2.14. The minimum atomic E-state index is 0.308. The summed E-state index contributed by atoms with van der Waals surface area (Å²) in [6.45, 7) is 5.63. The topological polar surface area (TPSA) is 98.2 Å². The van der Waals surface area contributed by atoms with E-state index in [1.807, 2.05) is 13.0 Å². The van der Waals surface area contributed by atoms with E-state index in [1.54, 1.807) is 0 Å². The van der Waals surface area contributed by atoms with E-state index in [-0.39, 0.29) is 0 Å². The third-order valence-electron chi connectivity index (χ3n) is 1.10. The zero-order valence-electron chi connectivity index (χ0n) is 7.15. The van der Waals surface area contributed by atoms with Gasteiger partial charge in [0.1, 0.15) is 0 Å². The van der Waals surface area contributed by atoms with Crippen LogP contribution < -0.4 is 38.9 Å². The van der Waals surface area contributed by atoms with Crippen molar-refractivity contribution < 1.29 is 0 Å². The van der Waals surface area contributed by atoms with Gasteiger partial charge >= 0.3 is 0 Å². The fourth-order valence-electron chi connectivity index (χ4n) is 0.567. The Morgan fingerprint density at radius 3 is 2.58 bits per heavy atom. The summed E-state index contributed by atoms with van der Waals surface area (Å²) in [5, 5.41) is 0. The largest absolute Gasteiger partial charge is 0.257 e. The first-order valence-electron chi connectivity index (χ1n) is 3.63. The van der Waals surface area contributed by atoms with Gasteiger partial charge in [0.15, 0.2) is 0 Å². The van der Waals surface area contributed by atoms with Crippen LogP contribution in [-0.2, 0) is 0 Å². The molecular formula is C5H17N7. The van der Waals surface area contributed by atoms with Crippen molar-refractivity contribution in [3.63, 3.8) is 0 Å². The Morgan fingerprint density at radius 1 is 1.33 bits per heavy atom. The van der Waals surface area contributed by atoms with E-state index >= 15 is 0 Å². The minimum absolute atomic E-state index is 0.308. The SMILES string of the molecule is C=CCC(C)NNNNNNN. The van der Waals surface area contributed by atoms with Crippen molar-refractivity contribution in [3.8, 4) is 0 Å². The minimum Gasteiger partial charge on any atom is -0.257 e. The van der Waals surface area contributed by atoms with Gasteiger partial charge in [-0.05, 0) is 13.3 Å². The van der Waals surface area contributed by atoms with Crippen molar-refractivity contribution in [2.75, 3.05) is 0 Å². The summed E-state index contributed by atoms with van der Waals surface area (Å²) in [4.78, 5) is 0. The molecule has 0 aromatic heterocycles. The van der Waals surface area contributed by atoms with E-state index in [4.69, 9.17) is 5.84 Å². The second kappa shape index (κ2) is 8.56. The van der Waals surface area contributed by atoms with Crippen LogP contribution >= 0.6 is 0 Å². The van der Waals surface area contributed by atoms with Gasteiger partial charge in [-0.15, -0.1) is 6.58 Å². The highest BCUT2D eigenvalue weighted by molar-refractivity contribution is 4.72. The Kier molecular flexibility index (Phi) is 8.17. The van der Waals surface area contributed by atoms with Gasteiger partial charge in [-0.2, -0.15) is 27.7 Å². The first-order chi connectivity index (χ1) is 5.81. The Labute approximate surface area is 72.0 Å². The normalized spacial score (nSPS) is 12.8. The van der Waals surface area contributed by atoms with Gasteiger partial charge < -0.3 is 0 Å². The Morgan fingerprint density at radius 2 is 2.00 bits per heavy atom. The van der Waals surface area contributed by atoms with Crippen molar-refractivity contribution in [1.82, 2.24) is 33.1 Å². The number of nitrogens with two attached hydrogens (primary N) is 1. The summed E-state index contributed by atoms with van der Waals surface area (Å²) >= 11 is 0. The van der Waals surface area contributed by atoms with Crippen LogP contribution in [-0.4, -0.2) is 6.04 Å². The fourth-order valence-corrected chi connectivity index (χ4v) is 0.567. The molecule has 0 aromatic carbocycles. The van der Waals surface area contributed by atoms with Gasteiger partial charge in [-0.1, -0.05) is 6.08 Å². The molecule has 0 amide bonds. The molecule has 1 atom stereocenters. The lowest BCUT2D eigenvalue weighted by Crippen LogP contribution is -2.61. The predicted octanol–water partition coefficient (Wildman–Crippen LogP) is -2.06. The zero-order valence-corrected chi connectivity index (χ0v) is 7.15. The van der Waals surface area contributed by atoms with Crippen LogP contribution in [0.15, 0.2) is 12.7 Å². The average Bonchev–Trinajstić information content (AvgIpc) is 2.05. The third-order valence-corrected chi connectivity index (χ3v) is 1.10. The fraction of sp³-hybridized carbons (Fsp3) is 0.600. The van der Waals surface area contributed by atoms with Gasteiger partial charge in [-0.3, -0.25) is 5.84 Å². The highest BCUT2D eigenvalue weighted by atomic mass is 15.9. The predicted molar refractivity (Wildman–Crippen MR) is 47.3 cm³/mol. The van der Waals surface area contributed by atoms with Gasteiger partial charge in [0.05, 0.1) is 0 Å². The summed E-state index contributed by atoms with van der Waals surface area (Å²) < 4.78 is 0. The molecule has 1 unspecified atom stereocenters. The Bertz CT molecular complexity index is 106. The lowest BCUT2D eigenvalue weighted by atomic mass is 10.2. The number of hydrazine groups is 6. The number of hydrogen-bond donors (Lipinski definition) is 7. The molecule has 0 heterocycles. The molecular weight excluding hydrogens is 158 g/mol. The maximum Gasteiger partial charge on any atom is 0.0232 e. The quantitative estimate of drug-likeness (QED) is 0.0986. The molecule has 8 N–H and O–H groups in total. The molecule has 12 heavy (non-hydrogen) atoms. The summed E-state index contributed by atoms with van der Waals surface area (Å²) in [5.41, 5.74) is 15.3. The van der Waals surface area contributed by atoms with E-state index in [0.29, 0.717) is 6.04 Å². The van der Waals surface area contributed by atoms with Crippen molar-refractivity contribution in [2.24, 2.45) is 5.84 Å². The van der Waals surface area contributed by atoms with E-state index in [0.717, 1.165) is 6.42 Å². The molecule has 0 aliphatic heterocycles. The van der Waals surface area contributed by atoms with Gasteiger partial charge in [-0.25, -0.2) is 5.43 Å². The summed E-state index contributed by atoms with van der Waals surface area (Å²) in [7, 11) is 0. The monoisotopic (exact) mass is 175 g/mol. The van der Waals surface area contributed by atoms with Crippen LogP contribution in [0.3, 0.4) is 0 Å². The lowest BCUT2D eigenvalue weighted by molar-refractivity contribution is 0.280. The van der Waals surface area contributed by atoms with E-state index in [1.165, 1.54) is 0 Å². The van der Waals surface area contributed by atoms with Crippen LogP contribution in [0.25, 0.3) is 0 Å². The molecule has 0 fully saturated rings. The van der Waals surface area contributed by atoms with Crippen molar-refractivity contribution >= 4 is 0 Å². The summed E-state index contributed by atoms with van der Waals surface area (Å²) in [5.74, 6) is 4.89. The number of hydrogen-bond acceptors (Lipinski definition) is 7. The van der Waals surface area contributed by atoms with Crippen molar-refractivity contribution in [3.05, 3.63) is 12.7 Å². The maximum absolute atomic E-state index is 4.89. The first-order valence-corrected chi connectivity index (χ1v) is 3.63. The number of rotatable bonds is 8. The molecule has 0 saturated heterocycles. The van der Waals surface area contributed by atoms with E-state index in [2.05, 4.69) is 39.7 Å². The van der Waals surface area contributed by atoms with E-state index < -0.39 is 0 Å². The van der Waals surface area contributed by atoms with E-state index in [9.17, 15) is 0 Å². The highest BCUT2D eigenvalue weighted by Gasteiger charge is 1.94. The van der Waals surface area contributed by atoms with Crippen molar-refractivity contribution in [2.45, 2.75) is 19.4 Å². The second-order valence-electron chi connectivity index (χ2n) is 2.21. The first kappa shape index (κ1) is 11.5. The zero-order chi connectivity index (χ0) is 9.23. The third kappa shape index (κ3) is 7.57. The molecule has 0 aliphatic carbocycles. The van der Waals surface area contributed by atoms with Gasteiger partial charge in [0.25, 0.3) is 0 Å². The molecule has 0 rings (SSSR count). The molecule has 0 bridgehead atoms. The molecule has 0 saturated carbocycles. The summed E-state index contributed by atoms with van der Waals surface area (Å²) in [6, 6.07) is 0.308.